The van der Waals surface area contributed by atoms with Crippen molar-refractivity contribution in [1.82, 2.24) is 0 Å². The normalized spacial score (nSPS) is 24.8. The topological polar surface area (TPSA) is 0 Å². The average Bonchev–Trinajstić information content (AvgIpc) is 1.94. The van der Waals surface area contributed by atoms with E-state index in [0.717, 1.165) is 13.0 Å². The van der Waals surface area contributed by atoms with Crippen molar-refractivity contribution in [3.63, 3.8) is 0 Å². The maximum atomic E-state index is 13.0. The van der Waals surface area contributed by atoms with Crippen LogP contribution in [0.2, 0.25) is 0 Å². The fourth-order valence-corrected chi connectivity index (χ4v) is 1.63. The molecule has 0 radical (unpaired) electrons. The number of allylic oxidation sites excluding steroid dienone is 4. The van der Waals surface area contributed by atoms with Crippen LogP contribution in [0, 0.1) is 5.92 Å². The molecule has 0 saturated heterocycles. The number of halogens is 3. The molecule has 0 aromatic carbocycles. The molecule has 3 heteroatoms. The molecule has 13 heavy (non-hydrogen) atoms. The summed E-state index contributed by atoms with van der Waals surface area (Å²) in [7, 11) is 0. The lowest BCUT2D eigenvalue weighted by Crippen LogP contribution is -2.22. The number of alkyl halides is 2. The minimum Gasteiger partial charge on any atom is -0.207 e. The number of hydrogen-bond donors (Lipinski definition) is 0. The van der Waals surface area contributed by atoms with E-state index in [-0.39, 0.29) is 11.5 Å². The molecular formula is C10H13F3. The first kappa shape index (κ1) is 10.4. The zero-order valence-electron chi connectivity index (χ0n) is 8.00. The summed E-state index contributed by atoms with van der Waals surface area (Å²) in [5, 5.41) is 0. The van der Waals surface area contributed by atoms with Crippen molar-refractivity contribution >= 4 is 0 Å². The molecule has 1 atom stereocenters. The maximum Gasteiger partial charge on any atom is 0.267 e. The van der Waals surface area contributed by atoms with Crippen molar-refractivity contribution in [1.29, 1.82) is 0 Å². The molecule has 0 aromatic rings. The van der Waals surface area contributed by atoms with Crippen LogP contribution in [0.1, 0.15) is 27.2 Å². The fraction of sp³-hybridized carbons (Fsp3) is 0.600. The van der Waals surface area contributed by atoms with Crippen LogP contribution in [-0.4, -0.2) is 5.92 Å². The first-order chi connectivity index (χ1) is 5.82. The molecule has 0 nitrogen and oxygen atoms in total. The van der Waals surface area contributed by atoms with Gasteiger partial charge in [0.05, 0.1) is 0 Å². The van der Waals surface area contributed by atoms with Crippen LogP contribution in [0.4, 0.5) is 13.2 Å². The van der Waals surface area contributed by atoms with E-state index in [0.29, 0.717) is 12.0 Å². The van der Waals surface area contributed by atoms with E-state index in [4.69, 9.17) is 0 Å². The minimum absolute atomic E-state index is 0.101. The second-order valence-corrected chi connectivity index (χ2v) is 3.72. The van der Waals surface area contributed by atoms with Crippen molar-refractivity contribution in [2.45, 2.75) is 33.1 Å². The number of hydrogen-bond acceptors (Lipinski definition) is 0. The van der Waals surface area contributed by atoms with Gasteiger partial charge in [0.15, 0.2) is 0 Å². The Morgan fingerprint density at radius 3 is 2.46 bits per heavy atom. The standard InChI is InChI=1S/C10H13F3/c1-6-4-7(2)9(11)5-8(6)10(3,12)13/h5-6H,4H2,1-3H3. The molecule has 74 valence electrons. The van der Waals surface area contributed by atoms with E-state index < -0.39 is 11.7 Å². The van der Waals surface area contributed by atoms with Gasteiger partial charge in [-0.2, -0.15) is 0 Å². The van der Waals surface area contributed by atoms with Crippen molar-refractivity contribution in [2.24, 2.45) is 5.92 Å². The zero-order chi connectivity index (χ0) is 10.2. The van der Waals surface area contributed by atoms with Crippen LogP contribution in [-0.2, 0) is 0 Å². The summed E-state index contributed by atoms with van der Waals surface area (Å²) in [6.45, 7) is 4.13. The highest BCUT2D eigenvalue weighted by Gasteiger charge is 2.33. The Kier molecular flexibility index (Phi) is 2.55. The highest BCUT2D eigenvalue weighted by molar-refractivity contribution is 5.32. The van der Waals surface area contributed by atoms with E-state index in [1.165, 1.54) is 0 Å². The molecule has 1 rings (SSSR count). The predicted molar refractivity (Wildman–Crippen MR) is 46.3 cm³/mol. The van der Waals surface area contributed by atoms with E-state index in [1.807, 2.05) is 0 Å². The Labute approximate surface area is 76.1 Å². The Bertz CT molecular complexity index is 268. The molecule has 0 N–H and O–H groups in total. The fourth-order valence-electron chi connectivity index (χ4n) is 1.63. The second-order valence-electron chi connectivity index (χ2n) is 3.72. The third kappa shape index (κ3) is 2.14. The van der Waals surface area contributed by atoms with Gasteiger partial charge in [-0.15, -0.1) is 0 Å². The first-order valence-electron chi connectivity index (χ1n) is 4.27. The van der Waals surface area contributed by atoms with Gasteiger partial charge in [0.1, 0.15) is 5.83 Å². The van der Waals surface area contributed by atoms with E-state index in [2.05, 4.69) is 0 Å². The van der Waals surface area contributed by atoms with Crippen molar-refractivity contribution in [2.75, 3.05) is 0 Å². The lowest BCUT2D eigenvalue weighted by atomic mass is 9.85. The van der Waals surface area contributed by atoms with Crippen LogP contribution in [0.3, 0.4) is 0 Å². The predicted octanol–water partition coefficient (Wildman–Crippen LogP) is 3.85. The van der Waals surface area contributed by atoms with Gasteiger partial charge in [-0.25, -0.2) is 13.2 Å². The van der Waals surface area contributed by atoms with Gasteiger partial charge < -0.3 is 0 Å². The molecule has 0 bridgehead atoms. The van der Waals surface area contributed by atoms with Gasteiger partial charge in [-0.1, -0.05) is 6.92 Å². The molecular weight excluding hydrogens is 177 g/mol. The van der Waals surface area contributed by atoms with E-state index in [9.17, 15) is 13.2 Å². The summed E-state index contributed by atoms with van der Waals surface area (Å²) in [6.07, 6.45) is 1.37. The molecule has 0 heterocycles. The summed E-state index contributed by atoms with van der Waals surface area (Å²) < 4.78 is 38.8. The molecule has 1 aliphatic carbocycles. The van der Waals surface area contributed by atoms with Crippen LogP contribution < -0.4 is 0 Å². The van der Waals surface area contributed by atoms with Crippen LogP contribution >= 0.6 is 0 Å². The molecule has 0 spiro atoms. The number of rotatable bonds is 1. The molecule has 1 aliphatic rings. The minimum atomic E-state index is -2.91. The largest absolute Gasteiger partial charge is 0.267 e. The Balaban J connectivity index is 3.04. The average molecular weight is 190 g/mol. The Morgan fingerprint density at radius 2 is 2.00 bits per heavy atom. The maximum absolute atomic E-state index is 13.0. The van der Waals surface area contributed by atoms with E-state index >= 15 is 0 Å². The summed E-state index contributed by atoms with van der Waals surface area (Å²) >= 11 is 0. The molecule has 0 fully saturated rings. The molecule has 0 aliphatic heterocycles. The molecule has 0 aromatic heterocycles. The Morgan fingerprint density at radius 1 is 1.46 bits per heavy atom. The molecule has 0 amide bonds. The molecule has 0 saturated carbocycles. The van der Waals surface area contributed by atoms with Crippen molar-refractivity contribution in [3.05, 3.63) is 23.0 Å². The lowest BCUT2D eigenvalue weighted by Gasteiger charge is -2.25. The summed E-state index contributed by atoms with van der Waals surface area (Å²) in [6, 6.07) is 0. The van der Waals surface area contributed by atoms with Crippen LogP contribution in [0.15, 0.2) is 23.0 Å². The van der Waals surface area contributed by atoms with Gasteiger partial charge >= 0.3 is 0 Å². The van der Waals surface area contributed by atoms with Crippen LogP contribution in [0.5, 0.6) is 0 Å². The summed E-state index contributed by atoms with van der Waals surface area (Å²) in [4.78, 5) is 0. The van der Waals surface area contributed by atoms with E-state index in [1.54, 1.807) is 13.8 Å². The third-order valence-corrected chi connectivity index (χ3v) is 2.34. The van der Waals surface area contributed by atoms with Crippen molar-refractivity contribution in [3.8, 4) is 0 Å². The quantitative estimate of drug-likeness (QED) is 0.589. The van der Waals surface area contributed by atoms with Gasteiger partial charge in [-0.3, -0.25) is 0 Å². The van der Waals surface area contributed by atoms with Gasteiger partial charge in [0.2, 0.25) is 0 Å². The van der Waals surface area contributed by atoms with Gasteiger partial charge in [0, 0.05) is 12.5 Å². The summed E-state index contributed by atoms with van der Waals surface area (Å²) in [5.74, 6) is -3.67. The SMILES string of the molecule is CC1=C(F)C=C(C(C)(F)F)C(C)C1. The lowest BCUT2D eigenvalue weighted by molar-refractivity contribution is 0.0518. The van der Waals surface area contributed by atoms with Crippen LogP contribution in [0.25, 0.3) is 0 Å². The Hall–Kier alpha value is -0.730. The highest BCUT2D eigenvalue weighted by atomic mass is 19.3. The first-order valence-corrected chi connectivity index (χ1v) is 4.27. The van der Waals surface area contributed by atoms with Gasteiger partial charge in [0.25, 0.3) is 5.92 Å². The zero-order valence-corrected chi connectivity index (χ0v) is 8.00. The van der Waals surface area contributed by atoms with Crippen molar-refractivity contribution < 1.29 is 13.2 Å². The smallest absolute Gasteiger partial charge is 0.207 e. The molecule has 1 unspecified atom stereocenters. The second kappa shape index (κ2) is 3.20. The van der Waals surface area contributed by atoms with Gasteiger partial charge in [-0.05, 0) is 30.9 Å². The highest BCUT2D eigenvalue weighted by Crippen LogP contribution is 2.37. The summed E-state index contributed by atoms with van der Waals surface area (Å²) in [5.41, 5.74) is 0.455. The monoisotopic (exact) mass is 190 g/mol. The third-order valence-electron chi connectivity index (χ3n) is 2.34.